The third-order valence-electron chi connectivity index (χ3n) is 4.66. The molecule has 1 saturated carbocycles. The first-order valence-corrected chi connectivity index (χ1v) is 9.07. The standard InChI is InChI=1S/C20H21N5O3/c1-27-17-10-5-14(18(12-17)28-2)11-19(26)21-15-6-3-13(4-7-15)20-22-23-24-25(20)16-8-9-16/h3-7,10,12,16H,8-9,11H2,1-2H3,(H,21,26). The van der Waals surface area contributed by atoms with E-state index >= 15 is 0 Å². The molecule has 2 aromatic carbocycles. The van der Waals surface area contributed by atoms with Gasteiger partial charge in [-0.2, -0.15) is 0 Å². The van der Waals surface area contributed by atoms with Crippen molar-refractivity contribution in [3.8, 4) is 22.9 Å². The Morgan fingerprint density at radius 1 is 1.14 bits per heavy atom. The third-order valence-corrected chi connectivity index (χ3v) is 4.66. The van der Waals surface area contributed by atoms with E-state index < -0.39 is 0 Å². The predicted octanol–water partition coefficient (Wildman–Crippen LogP) is 2.87. The van der Waals surface area contributed by atoms with Crippen LogP contribution in [0.3, 0.4) is 0 Å². The number of anilines is 1. The minimum atomic E-state index is -0.126. The predicted molar refractivity (Wildman–Crippen MR) is 103 cm³/mol. The van der Waals surface area contributed by atoms with Gasteiger partial charge in [0.2, 0.25) is 5.91 Å². The molecule has 4 rings (SSSR count). The Bertz CT molecular complexity index is 980. The van der Waals surface area contributed by atoms with Gasteiger partial charge >= 0.3 is 0 Å². The fourth-order valence-electron chi connectivity index (χ4n) is 3.03. The molecule has 1 N–H and O–H groups in total. The number of nitrogens with one attached hydrogen (secondary N) is 1. The lowest BCUT2D eigenvalue weighted by molar-refractivity contribution is -0.115. The van der Waals surface area contributed by atoms with E-state index in [0.717, 1.165) is 29.8 Å². The van der Waals surface area contributed by atoms with Crippen molar-refractivity contribution in [3.05, 3.63) is 48.0 Å². The van der Waals surface area contributed by atoms with Gasteiger partial charge in [0.25, 0.3) is 0 Å². The summed E-state index contributed by atoms with van der Waals surface area (Å²) in [5, 5.41) is 14.9. The molecule has 1 aromatic heterocycles. The molecule has 0 saturated heterocycles. The van der Waals surface area contributed by atoms with Crippen LogP contribution in [0.1, 0.15) is 24.4 Å². The largest absolute Gasteiger partial charge is 0.497 e. The van der Waals surface area contributed by atoms with E-state index in [2.05, 4.69) is 20.8 Å². The summed E-state index contributed by atoms with van der Waals surface area (Å²) >= 11 is 0. The summed E-state index contributed by atoms with van der Waals surface area (Å²) < 4.78 is 12.4. The number of nitrogens with zero attached hydrogens (tertiary/aromatic N) is 4. The van der Waals surface area contributed by atoms with Crippen molar-refractivity contribution < 1.29 is 14.3 Å². The molecule has 0 radical (unpaired) electrons. The molecule has 3 aromatic rings. The van der Waals surface area contributed by atoms with Gasteiger partial charge < -0.3 is 14.8 Å². The summed E-state index contributed by atoms with van der Waals surface area (Å²) in [5.41, 5.74) is 2.43. The van der Waals surface area contributed by atoms with Crippen LogP contribution in [0.4, 0.5) is 5.69 Å². The minimum absolute atomic E-state index is 0.126. The molecule has 28 heavy (non-hydrogen) atoms. The lowest BCUT2D eigenvalue weighted by Gasteiger charge is -2.11. The number of rotatable bonds is 7. The summed E-state index contributed by atoms with van der Waals surface area (Å²) in [6.45, 7) is 0. The zero-order valence-corrected chi connectivity index (χ0v) is 15.8. The van der Waals surface area contributed by atoms with Crippen molar-refractivity contribution in [3.63, 3.8) is 0 Å². The smallest absolute Gasteiger partial charge is 0.228 e. The van der Waals surface area contributed by atoms with Gasteiger partial charge in [0, 0.05) is 22.9 Å². The minimum Gasteiger partial charge on any atom is -0.497 e. The van der Waals surface area contributed by atoms with Gasteiger partial charge in [0.15, 0.2) is 5.82 Å². The van der Waals surface area contributed by atoms with E-state index in [1.54, 1.807) is 20.3 Å². The van der Waals surface area contributed by atoms with Gasteiger partial charge in [-0.05, 0) is 53.6 Å². The maximum Gasteiger partial charge on any atom is 0.228 e. The Morgan fingerprint density at radius 3 is 2.61 bits per heavy atom. The molecule has 0 spiro atoms. The first-order valence-electron chi connectivity index (χ1n) is 9.07. The van der Waals surface area contributed by atoms with Crippen LogP contribution in [0.15, 0.2) is 42.5 Å². The first kappa shape index (κ1) is 18.0. The highest BCUT2D eigenvalue weighted by molar-refractivity contribution is 5.92. The molecule has 0 atom stereocenters. The van der Waals surface area contributed by atoms with E-state index in [9.17, 15) is 4.79 Å². The Morgan fingerprint density at radius 2 is 1.93 bits per heavy atom. The van der Waals surface area contributed by atoms with Gasteiger partial charge in [-0.25, -0.2) is 4.68 Å². The van der Waals surface area contributed by atoms with Gasteiger partial charge in [0.1, 0.15) is 11.5 Å². The zero-order valence-electron chi connectivity index (χ0n) is 15.8. The molecule has 1 fully saturated rings. The summed E-state index contributed by atoms with van der Waals surface area (Å²) in [5.74, 6) is 1.93. The van der Waals surface area contributed by atoms with Crippen LogP contribution >= 0.6 is 0 Å². The summed E-state index contributed by atoms with van der Waals surface area (Å²) in [7, 11) is 3.16. The number of carbonyl (C=O) groups is 1. The molecule has 8 nitrogen and oxygen atoms in total. The lowest BCUT2D eigenvalue weighted by atomic mass is 10.1. The van der Waals surface area contributed by atoms with Crippen molar-refractivity contribution in [2.75, 3.05) is 19.5 Å². The second kappa shape index (κ2) is 7.67. The van der Waals surface area contributed by atoms with E-state index in [-0.39, 0.29) is 12.3 Å². The number of benzene rings is 2. The molecule has 0 aliphatic heterocycles. The zero-order chi connectivity index (χ0) is 19.5. The molecule has 8 heteroatoms. The Balaban J connectivity index is 1.43. The van der Waals surface area contributed by atoms with Crippen LogP contribution in [0.5, 0.6) is 11.5 Å². The second-order valence-electron chi connectivity index (χ2n) is 6.66. The summed E-state index contributed by atoms with van der Waals surface area (Å²) in [6.07, 6.45) is 2.43. The number of tetrazole rings is 1. The van der Waals surface area contributed by atoms with Crippen LogP contribution < -0.4 is 14.8 Å². The highest BCUT2D eigenvalue weighted by atomic mass is 16.5. The number of methoxy groups -OCH3 is 2. The second-order valence-corrected chi connectivity index (χ2v) is 6.66. The first-order chi connectivity index (χ1) is 13.7. The molecule has 144 valence electrons. The fourth-order valence-corrected chi connectivity index (χ4v) is 3.03. The number of aromatic nitrogens is 4. The van der Waals surface area contributed by atoms with E-state index in [1.165, 1.54) is 0 Å². The van der Waals surface area contributed by atoms with Gasteiger partial charge in [-0.1, -0.05) is 6.07 Å². The van der Waals surface area contributed by atoms with Crippen molar-refractivity contribution in [1.29, 1.82) is 0 Å². The van der Waals surface area contributed by atoms with Crippen LogP contribution in [-0.4, -0.2) is 40.3 Å². The Kier molecular flexibility index (Phi) is 4.92. The highest BCUT2D eigenvalue weighted by Crippen LogP contribution is 2.36. The fraction of sp³-hybridized carbons (Fsp3) is 0.300. The molecular formula is C20H21N5O3. The van der Waals surface area contributed by atoms with Crippen LogP contribution in [0, 0.1) is 0 Å². The van der Waals surface area contributed by atoms with Gasteiger partial charge in [-0.15, -0.1) is 5.10 Å². The van der Waals surface area contributed by atoms with Gasteiger partial charge in [0.05, 0.1) is 26.7 Å². The number of amides is 1. The maximum absolute atomic E-state index is 12.4. The van der Waals surface area contributed by atoms with E-state index in [0.29, 0.717) is 23.2 Å². The average molecular weight is 379 g/mol. The molecule has 0 bridgehead atoms. The van der Waals surface area contributed by atoms with Crippen molar-refractivity contribution in [2.45, 2.75) is 25.3 Å². The summed E-state index contributed by atoms with van der Waals surface area (Å²) in [6, 6.07) is 13.3. The molecule has 1 heterocycles. The lowest BCUT2D eigenvalue weighted by Crippen LogP contribution is -2.15. The van der Waals surface area contributed by atoms with E-state index in [1.807, 2.05) is 41.1 Å². The number of ether oxygens (including phenoxy) is 2. The average Bonchev–Trinajstić information content (AvgIpc) is 3.45. The SMILES string of the molecule is COc1ccc(CC(=O)Nc2ccc(-c3nnnn3C3CC3)cc2)c(OC)c1. The van der Waals surface area contributed by atoms with Crippen LogP contribution in [-0.2, 0) is 11.2 Å². The van der Waals surface area contributed by atoms with Crippen molar-refractivity contribution in [2.24, 2.45) is 0 Å². The molecule has 1 aliphatic rings. The Hall–Kier alpha value is -3.42. The number of carbonyl (C=O) groups excluding carboxylic acids is 1. The third kappa shape index (κ3) is 3.80. The number of hydrogen-bond donors (Lipinski definition) is 1. The monoisotopic (exact) mass is 379 g/mol. The van der Waals surface area contributed by atoms with Gasteiger partial charge in [-0.3, -0.25) is 4.79 Å². The van der Waals surface area contributed by atoms with E-state index in [4.69, 9.17) is 9.47 Å². The highest BCUT2D eigenvalue weighted by Gasteiger charge is 2.28. The molecule has 1 aliphatic carbocycles. The topological polar surface area (TPSA) is 91.2 Å². The summed E-state index contributed by atoms with van der Waals surface area (Å²) in [4.78, 5) is 12.4. The molecule has 1 amide bonds. The molecule has 0 unspecified atom stereocenters. The Labute approximate surface area is 162 Å². The normalized spacial score (nSPS) is 13.2. The molecular weight excluding hydrogens is 358 g/mol. The quantitative estimate of drug-likeness (QED) is 0.679. The van der Waals surface area contributed by atoms with Crippen molar-refractivity contribution >= 4 is 11.6 Å². The maximum atomic E-state index is 12.4. The van der Waals surface area contributed by atoms with Crippen LogP contribution in [0.2, 0.25) is 0 Å². The van der Waals surface area contributed by atoms with Crippen LogP contribution in [0.25, 0.3) is 11.4 Å². The number of hydrogen-bond acceptors (Lipinski definition) is 6. The van der Waals surface area contributed by atoms with Crippen molar-refractivity contribution in [1.82, 2.24) is 20.2 Å².